The highest BCUT2D eigenvalue weighted by Crippen LogP contribution is 2.42. The summed E-state index contributed by atoms with van der Waals surface area (Å²) >= 11 is 0. The van der Waals surface area contributed by atoms with Gasteiger partial charge in [0.25, 0.3) is 11.8 Å². The number of rotatable bonds is 5. The van der Waals surface area contributed by atoms with Gasteiger partial charge in [0, 0.05) is 30.1 Å². The summed E-state index contributed by atoms with van der Waals surface area (Å²) < 4.78 is 79.7. The molecule has 2 aliphatic carbocycles. The minimum atomic E-state index is -4.14. The average Bonchev–Trinajstić information content (AvgIpc) is 3.66. The molecule has 0 radical (unpaired) electrons. The van der Waals surface area contributed by atoms with E-state index in [1.54, 1.807) is 46.7 Å². The molecule has 8 nitrogen and oxygen atoms in total. The molecule has 46 heavy (non-hydrogen) atoms. The van der Waals surface area contributed by atoms with Gasteiger partial charge in [-0.05, 0) is 77.3 Å². The summed E-state index contributed by atoms with van der Waals surface area (Å²) in [7, 11) is 0. The summed E-state index contributed by atoms with van der Waals surface area (Å²) in [4.78, 5) is 26.3. The van der Waals surface area contributed by atoms with Crippen LogP contribution in [-0.2, 0) is 13.1 Å². The Labute approximate surface area is 262 Å². The summed E-state index contributed by atoms with van der Waals surface area (Å²) in [5.41, 5.74) is 9.60. The lowest BCUT2D eigenvalue weighted by Crippen LogP contribution is -2.29. The van der Waals surface area contributed by atoms with Crippen molar-refractivity contribution in [2.75, 3.05) is 0 Å². The molecule has 1 aliphatic heterocycles. The number of carbonyl (C=O) groups is 2. The zero-order chi connectivity index (χ0) is 33.4. The number of benzene rings is 1. The summed E-state index contributed by atoms with van der Waals surface area (Å²) in [6.45, 7) is 4.19. The van der Waals surface area contributed by atoms with E-state index in [1.165, 1.54) is 4.90 Å². The van der Waals surface area contributed by atoms with Crippen LogP contribution in [0.3, 0.4) is 0 Å². The van der Waals surface area contributed by atoms with Crippen molar-refractivity contribution in [3.8, 4) is 0 Å². The zero-order valence-corrected chi connectivity index (χ0v) is 25.7. The van der Waals surface area contributed by atoms with Crippen LogP contribution >= 0.6 is 0 Å². The number of alkyl halides is 6. The Morgan fingerprint density at radius 1 is 0.696 bits per heavy atom. The first kappa shape index (κ1) is 33.7. The zero-order valence-electron chi connectivity index (χ0n) is 25.7. The molecule has 6 rings (SSSR count). The van der Waals surface area contributed by atoms with Gasteiger partial charge in [-0.1, -0.05) is 12.1 Å². The molecule has 0 unspecified atom stereocenters. The molecule has 1 aromatic carbocycles. The topological polar surface area (TPSA) is 99.0 Å². The molecule has 0 saturated heterocycles. The highest BCUT2D eigenvalue weighted by Gasteiger charge is 2.43. The second kappa shape index (κ2) is 13.2. The van der Waals surface area contributed by atoms with Crippen LogP contribution in [0.1, 0.15) is 107 Å². The maximum Gasteiger partial charge on any atom is 0.391 e. The fourth-order valence-corrected chi connectivity index (χ4v) is 6.66. The van der Waals surface area contributed by atoms with Gasteiger partial charge in [0.05, 0.1) is 53.0 Å². The predicted molar refractivity (Wildman–Crippen MR) is 157 cm³/mol. The Hall–Kier alpha value is -3.68. The number of carbonyl (C=O) groups excluding carboxylic acids is 2. The number of hydrogen-bond donors (Lipinski definition) is 1. The van der Waals surface area contributed by atoms with Crippen LogP contribution in [0.25, 0.3) is 0 Å². The summed E-state index contributed by atoms with van der Waals surface area (Å²) in [6, 6.07) is 6.69. The highest BCUT2D eigenvalue weighted by molar-refractivity contribution is 6.21. The van der Waals surface area contributed by atoms with Crippen molar-refractivity contribution < 1.29 is 35.9 Å². The summed E-state index contributed by atoms with van der Waals surface area (Å²) in [5, 5.41) is 8.80. The molecule has 2 saturated carbocycles. The number of imide groups is 1. The van der Waals surface area contributed by atoms with Crippen molar-refractivity contribution in [1.29, 1.82) is 0 Å². The molecule has 0 bridgehead atoms. The summed E-state index contributed by atoms with van der Waals surface area (Å²) in [5.74, 6) is -3.05. The Bertz CT molecular complexity index is 1510. The molecule has 2 fully saturated rings. The van der Waals surface area contributed by atoms with Crippen molar-refractivity contribution in [1.82, 2.24) is 24.5 Å². The second-order valence-corrected chi connectivity index (χ2v) is 12.5. The molecule has 0 spiro atoms. The number of aryl methyl sites for hydroxylation is 2. The van der Waals surface area contributed by atoms with Gasteiger partial charge in [0.1, 0.15) is 0 Å². The van der Waals surface area contributed by atoms with Crippen LogP contribution < -0.4 is 5.73 Å². The van der Waals surface area contributed by atoms with Gasteiger partial charge in [-0.15, -0.1) is 0 Å². The largest absolute Gasteiger partial charge is 0.391 e. The Morgan fingerprint density at radius 3 is 1.46 bits per heavy atom. The number of nitrogens with two attached hydrogens (primary N) is 1. The molecule has 250 valence electrons. The van der Waals surface area contributed by atoms with E-state index in [-0.39, 0.29) is 56.1 Å². The third kappa shape index (κ3) is 7.16. The third-order valence-corrected chi connectivity index (χ3v) is 9.53. The Morgan fingerprint density at radius 2 is 1.09 bits per heavy atom. The van der Waals surface area contributed by atoms with E-state index >= 15 is 0 Å². The van der Waals surface area contributed by atoms with E-state index in [1.807, 2.05) is 13.1 Å². The lowest BCUT2D eigenvalue weighted by molar-refractivity contribution is -0.184. The van der Waals surface area contributed by atoms with Crippen LogP contribution in [0, 0.1) is 25.7 Å². The lowest BCUT2D eigenvalue weighted by Gasteiger charge is -2.29. The number of hydrogen-bond acceptors (Lipinski definition) is 5. The Kier molecular flexibility index (Phi) is 9.67. The minimum absolute atomic E-state index is 0.0857. The molecule has 2 N–H and O–H groups in total. The normalized spacial score (nSPS) is 23.7. The van der Waals surface area contributed by atoms with Crippen molar-refractivity contribution >= 4 is 11.8 Å². The molecule has 3 heterocycles. The summed E-state index contributed by atoms with van der Waals surface area (Å²) in [6.07, 6.45) is -2.06. The number of amides is 2. The van der Waals surface area contributed by atoms with E-state index in [9.17, 15) is 35.9 Å². The minimum Gasteiger partial charge on any atom is -0.326 e. The molecule has 3 aromatic rings. The fraction of sp³-hybridized carbons (Fsp3) is 0.562. The van der Waals surface area contributed by atoms with E-state index in [0.29, 0.717) is 49.0 Å². The van der Waals surface area contributed by atoms with Crippen LogP contribution in [-0.4, -0.2) is 48.6 Å². The molecule has 3 aliphatic rings. The molecular formula is C32H38F6N6O2. The number of halogens is 6. The van der Waals surface area contributed by atoms with Gasteiger partial charge >= 0.3 is 12.4 Å². The molecule has 14 heteroatoms. The van der Waals surface area contributed by atoms with Crippen molar-refractivity contribution in [3.05, 3.63) is 70.3 Å². The van der Waals surface area contributed by atoms with Crippen molar-refractivity contribution in [2.45, 2.75) is 103 Å². The maximum absolute atomic E-state index is 12.9. The highest BCUT2D eigenvalue weighted by atomic mass is 19.4. The first-order chi connectivity index (χ1) is 21.7. The maximum atomic E-state index is 12.9. The van der Waals surface area contributed by atoms with Gasteiger partial charge < -0.3 is 5.73 Å². The van der Waals surface area contributed by atoms with Gasteiger partial charge in [-0.3, -0.25) is 23.9 Å². The van der Waals surface area contributed by atoms with Gasteiger partial charge in [0.15, 0.2) is 0 Å². The SMILES string of the molecule is Cc1nn(C2CCC(C(F)(F)F)CC2)cc1CN.Cc1nn(C2CCC(C(F)(F)F)CC2)cc1CN1C(=O)c2ccccc2C1=O. The van der Waals surface area contributed by atoms with Crippen LogP contribution in [0.5, 0.6) is 0 Å². The fourth-order valence-electron chi connectivity index (χ4n) is 6.66. The smallest absolute Gasteiger partial charge is 0.326 e. The van der Waals surface area contributed by atoms with Gasteiger partial charge in [-0.2, -0.15) is 36.5 Å². The molecule has 2 amide bonds. The van der Waals surface area contributed by atoms with Crippen LogP contribution in [0.2, 0.25) is 0 Å². The van der Waals surface area contributed by atoms with Crippen LogP contribution in [0.15, 0.2) is 36.7 Å². The van der Waals surface area contributed by atoms with Gasteiger partial charge in [0.2, 0.25) is 0 Å². The molecule has 0 atom stereocenters. The first-order valence-electron chi connectivity index (χ1n) is 15.5. The van der Waals surface area contributed by atoms with E-state index in [0.717, 1.165) is 16.8 Å². The second-order valence-electron chi connectivity index (χ2n) is 12.5. The monoisotopic (exact) mass is 652 g/mol. The molecular weight excluding hydrogens is 614 g/mol. The van der Waals surface area contributed by atoms with Crippen LogP contribution in [0.4, 0.5) is 26.3 Å². The average molecular weight is 653 g/mol. The number of fused-ring (bicyclic) bond motifs is 1. The molecule has 2 aromatic heterocycles. The van der Waals surface area contributed by atoms with E-state index < -0.39 is 24.2 Å². The van der Waals surface area contributed by atoms with Gasteiger partial charge in [-0.25, -0.2) is 0 Å². The first-order valence-corrected chi connectivity index (χ1v) is 15.5. The third-order valence-electron chi connectivity index (χ3n) is 9.53. The van der Waals surface area contributed by atoms with E-state index in [2.05, 4.69) is 10.2 Å². The quantitative estimate of drug-likeness (QED) is 0.232. The predicted octanol–water partition coefficient (Wildman–Crippen LogP) is 7.23. The van der Waals surface area contributed by atoms with E-state index in [4.69, 9.17) is 5.73 Å². The number of nitrogens with zero attached hydrogens (tertiary/aromatic N) is 5. The van der Waals surface area contributed by atoms with Crippen molar-refractivity contribution in [3.63, 3.8) is 0 Å². The number of aromatic nitrogens is 4. The Balaban J connectivity index is 0.000000200. The lowest BCUT2D eigenvalue weighted by atomic mass is 9.86. The standard InChI is InChI=1S/C20H20F3N3O2.C12H18F3N3/c1-12-13(10-25-18(27)16-4-2-3-5-17(16)19(25)28)11-26(24-12)15-8-6-14(7-9-15)20(21,22)23;1-8-9(6-16)7-18(17-8)11-4-2-10(3-5-11)12(13,14)15/h2-5,11,14-15H,6-10H2,1H3;7,10-11H,2-6,16H2,1H3. The van der Waals surface area contributed by atoms with Crippen molar-refractivity contribution in [2.24, 2.45) is 17.6 Å².